The molecule has 5 heteroatoms. The van der Waals surface area contributed by atoms with Gasteiger partial charge in [-0.15, -0.1) is 0 Å². The van der Waals surface area contributed by atoms with Crippen LogP contribution in [0.4, 0.5) is 4.39 Å². The number of hydrogen-bond donors (Lipinski definition) is 0. The van der Waals surface area contributed by atoms with E-state index in [0.29, 0.717) is 0 Å². The zero-order valence-electron chi connectivity index (χ0n) is 10.1. The lowest BCUT2D eigenvalue weighted by Gasteiger charge is -2.26. The van der Waals surface area contributed by atoms with Crippen LogP contribution >= 0.6 is 0 Å². The van der Waals surface area contributed by atoms with E-state index in [1.807, 2.05) is 0 Å². The van der Waals surface area contributed by atoms with Gasteiger partial charge in [-0.2, -0.15) is 0 Å². The fourth-order valence-corrected chi connectivity index (χ4v) is 3.13. The van der Waals surface area contributed by atoms with Crippen LogP contribution in [0.25, 0.3) is 0 Å². The number of carbonyl (C=O) groups is 1. The van der Waals surface area contributed by atoms with E-state index < -0.39 is 16.6 Å². The summed E-state index contributed by atoms with van der Waals surface area (Å²) in [6, 6.07) is 5.90. The third-order valence-corrected chi connectivity index (χ3v) is 4.38. The molecule has 0 bridgehead atoms. The first kappa shape index (κ1) is 13.2. The maximum Gasteiger partial charge on any atom is 0.235 e. The highest BCUT2D eigenvalue weighted by atomic mass is 32.2. The molecule has 1 aliphatic rings. The van der Waals surface area contributed by atoms with E-state index in [4.69, 9.17) is 0 Å². The highest BCUT2D eigenvalue weighted by molar-refractivity contribution is 7.85. The number of amides is 1. The van der Waals surface area contributed by atoms with Gasteiger partial charge in [0.1, 0.15) is 11.6 Å². The van der Waals surface area contributed by atoms with Gasteiger partial charge >= 0.3 is 0 Å². The molecule has 3 nitrogen and oxygen atoms in total. The van der Waals surface area contributed by atoms with E-state index in [-0.39, 0.29) is 16.6 Å². The predicted octanol–water partition coefficient (Wildman–Crippen LogP) is 1.95. The Morgan fingerprint density at radius 2 is 1.89 bits per heavy atom. The topological polar surface area (TPSA) is 37.4 Å². The van der Waals surface area contributed by atoms with Gasteiger partial charge in [-0.1, -0.05) is 12.1 Å². The van der Waals surface area contributed by atoms with Crippen LogP contribution in [-0.4, -0.2) is 33.9 Å². The summed E-state index contributed by atoms with van der Waals surface area (Å²) in [6.07, 6.45) is 3.14. The molecule has 0 N–H and O–H groups in total. The molecule has 1 atom stereocenters. The Hall–Kier alpha value is -1.23. The summed E-state index contributed by atoms with van der Waals surface area (Å²) < 4.78 is 25.4. The number of nitrogens with zero attached hydrogens (tertiary/aromatic N) is 1. The lowest BCUT2D eigenvalue weighted by atomic mass is 10.1. The molecule has 1 amide bonds. The highest BCUT2D eigenvalue weighted by Crippen LogP contribution is 2.14. The molecule has 0 unspecified atom stereocenters. The Balaban J connectivity index is 1.99. The number of benzene rings is 1. The number of likely N-dealkylation sites (tertiary alicyclic amines) is 1. The Kier molecular flexibility index (Phi) is 4.47. The van der Waals surface area contributed by atoms with Crippen LogP contribution in [0.5, 0.6) is 0 Å². The summed E-state index contributed by atoms with van der Waals surface area (Å²) in [6.45, 7) is 1.46. The molecular weight excluding hydrogens is 253 g/mol. The van der Waals surface area contributed by atoms with Crippen LogP contribution in [0, 0.1) is 5.82 Å². The molecule has 2 rings (SSSR count). The van der Waals surface area contributed by atoms with Crippen LogP contribution in [0.15, 0.2) is 29.2 Å². The molecule has 1 aliphatic heterocycles. The minimum atomic E-state index is -1.59. The smallest absolute Gasteiger partial charge is 0.235 e. The van der Waals surface area contributed by atoms with Crippen molar-refractivity contribution >= 4 is 16.7 Å². The predicted molar refractivity (Wildman–Crippen MR) is 68.1 cm³/mol. The summed E-state index contributed by atoms with van der Waals surface area (Å²) in [7, 11) is -1.59. The summed E-state index contributed by atoms with van der Waals surface area (Å²) in [5.41, 5.74) is 0. The first-order valence-electron chi connectivity index (χ1n) is 6.09. The molecule has 1 aromatic carbocycles. The van der Waals surface area contributed by atoms with Crippen molar-refractivity contribution in [1.29, 1.82) is 0 Å². The van der Waals surface area contributed by atoms with E-state index in [0.717, 1.165) is 32.4 Å². The van der Waals surface area contributed by atoms with Gasteiger partial charge in [0.05, 0.1) is 15.7 Å². The van der Waals surface area contributed by atoms with Gasteiger partial charge in [-0.25, -0.2) is 4.39 Å². The molecule has 0 saturated carbocycles. The van der Waals surface area contributed by atoms with Gasteiger partial charge in [0, 0.05) is 13.1 Å². The number of halogens is 1. The van der Waals surface area contributed by atoms with Crippen molar-refractivity contribution in [2.45, 2.75) is 24.2 Å². The minimum absolute atomic E-state index is 0.114. The van der Waals surface area contributed by atoms with Crippen LogP contribution in [-0.2, 0) is 15.6 Å². The average Bonchev–Trinajstić information content (AvgIpc) is 2.40. The summed E-state index contributed by atoms with van der Waals surface area (Å²) in [5.74, 6) is -0.778. The molecule has 0 spiro atoms. The van der Waals surface area contributed by atoms with Crippen molar-refractivity contribution in [2.24, 2.45) is 0 Å². The second-order valence-corrected chi connectivity index (χ2v) is 5.78. The van der Waals surface area contributed by atoms with Crippen molar-refractivity contribution < 1.29 is 13.4 Å². The largest absolute Gasteiger partial charge is 0.342 e. The molecule has 98 valence electrons. The van der Waals surface area contributed by atoms with Gasteiger partial charge in [-0.05, 0) is 31.4 Å². The molecule has 0 radical (unpaired) electrons. The molecule has 1 saturated heterocycles. The van der Waals surface area contributed by atoms with Crippen LogP contribution in [0.1, 0.15) is 19.3 Å². The number of piperidine rings is 1. The van der Waals surface area contributed by atoms with E-state index in [1.54, 1.807) is 17.0 Å². The van der Waals surface area contributed by atoms with Crippen molar-refractivity contribution in [3.63, 3.8) is 0 Å². The molecule has 0 aromatic heterocycles. The Morgan fingerprint density at radius 1 is 1.22 bits per heavy atom. The van der Waals surface area contributed by atoms with Gasteiger partial charge < -0.3 is 4.90 Å². The fourth-order valence-electron chi connectivity index (χ4n) is 2.05. The highest BCUT2D eigenvalue weighted by Gasteiger charge is 2.20. The van der Waals surface area contributed by atoms with Gasteiger partial charge in [0.25, 0.3) is 0 Å². The van der Waals surface area contributed by atoms with Crippen molar-refractivity contribution in [1.82, 2.24) is 4.90 Å². The van der Waals surface area contributed by atoms with E-state index in [9.17, 15) is 13.4 Å². The Bertz CT molecular complexity index is 458. The van der Waals surface area contributed by atoms with Gasteiger partial charge in [-0.3, -0.25) is 9.00 Å². The van der Waals surface area contributed by atoms with E-state index in [2.05, 4.69) is 0 Å². The van der Waals surface area contributed by atoms with E-state index in [1.165, 1.54) is 12.1 Å². The SMILES string of the molecule is O=C(C[S@](=O)c1ccccc1F)N1CCCCC1. The summed E-state index contributed by atoms with van der Waals surface area (Å²) >= 11 is 0. The number of rotatable bonds is 3. The van der Waals surface area contributed by atoms with Crippen LogP contribution in [0.3, 0.4) is 0 Å². The zero-order chi connectivity index (χ0) is 13.0. The van der Waals surface area contributed by atoms with Crippen LogP contribution < -0.4 is 0 Å². The quantitative estimate of drug-likeness (QED) is 0.841. The molecule has 1 aromatic rings. The van der Waals surface area contributed by atoms with Gasteiger partial charge in [0.2, 0.25) is 5.91 Å². The third kappa shape index (κ3) is 3.16. The maximum atomic E-state index is 13.4. The fraction of sp³-hybridized carbons (Fsp3) is 0.462. The lowest BCUT2D eigenvalue weighted by Crippen LogP contribution is -2.38. The zero-order valence-corrected chi connectivity index (χ0v) is 10.9. The molecule has 1 heterocycles. The van der Waals surface area contributed by atoms with Crippen molar-refractivity contribution in [3.05, 3.63) is 30.1 Å². The molecule has 0 aliphatic carbocycles. The number of hydrogen-bond acceptors (Lipinski definition) is 2. The lowest BCUT2D eigenvalue weighted by molar-refractivity contribution is -0.129. The Labute approximate surface area is 108 Å². The first-order chi connectivity index (χ1) is 8.68. The first-order valence-corrected chi connectivity index (χ1v) is 7.41. The van der Waals surface area contributed by atoms with Crippen LogP contribution in [0.2, 0.25) is 0 Å². The number of carbonyl (C=O) groups excluding carboxylic acids is 1. The molecular formula is C13H16FNO2S. The maximum absolute atomic E-state index is 13.4. The second kappa shape index (κ2) is 6.09. The van der Waals surface area contributed by atoms with E-state index >= 15 is 0 Å². The Morgan fingerprint density at radius 3 is 2.56 bits per heavy atom. The normalized spacial score (nSPS) is 17.5. The monoisotopic (exact) mass is 269 g/mol. The van der Waals surface area contributed by atoms with Crippen molar-refractivity contribution in [2.75, 3.05) is 18.8 Å². The minimum Gasteiger partial charge on any atom is -0.342 e. The standard InChI is InChI=1S/C13H16FNO2S/c14-11-6-2-3-7-12(11)18(17)10-13(16)15-8-4-1-5-9-15/h2-3,6-7H,1,4-5,8-10H2/t18-/m0/s1. The average molecular weight is 269 g/mol. The summed E-state index contributed by atoms with van der Waals surface area (Å²) in [5, 5.41) is 0. The second-order valence-electron chi connectivity index (χ2n) is 4.36. The third-order valence-electron chi connectivity index (χ3n) is 3.05. The molecule has 1 fully saturated rings. The summed E-state index contributed by atoms with van der Waals surface area (Å²) in [4.78, 5) is 13.7. The van der Waals surface area contributed by atoms with Crippen molar-refractivity contribution in [3.8, 4) is 0 Å². The van der Waals surface area contributed by atoms with Gasteiger partial charge in [0.15, 0.2) is 0 Å². The molecule has 18 heavy (non-hydrogen) atoms.